The van der Waals surface area contributed by atoms with E-state index in [9.17, 15) is 68.1 Å². The van der Waals surface area contributed by atoms with Gasteiger partial charge in [-0.1, -0.05) is 71.9 Å². The van der Waals surface area contributed by atoms with Gasteiger partial charge in [-0.25, -0.2) is 4.79 Å². The number of rotatable bonds is 15. The fourth-order valence-corrected chi connectivity index (χ4v) is 8.38. The van der Waals surface area contributed by atoms with Gasteiger partial charge in [-0.3, -0.25) is 47.9 Å². The lowest BCUT2D eigenvalue weighted by atomic mass is 9.99. The molecule has 406 valence electrons. The molecule has 0 saturated carbocycles. The van der Waals surface area contributed by atoms with Gasteiger partial charge in [0.1, 0.15) is 54.4 Å². The summed E-state index contributed by atoms with van der Waals surface area (Å²) in [5.74, 6) is -11.3. The highest BCUT2D eigenvalue weighted by Gasteiger charge is 2.42. The van der Waals surface area contributed by atoms with Gasteiger partial charge in [-0.2, -0.15) is 0 Å². The summed E-state index contributed by atoms with van der Waals surface area (Å²) in [6, 6.07) is -6.28. The molecule has 2 fully saturated rings. The summed E-state index contributed by atoms with van der Waals surface area (Å²) in [4.78, 5) is 152. The fourth-order valence-electron chi connectivity index (χ4n) is 8.38. The maximum absolute atomic E-state index is 14.4. The minimum Gasteiger partial charge on any atom is -0.481 e. The fraction of sp³-hybridized carbons (Fsp3) is 0.646. The molecule has 0 unspecified atom stereocenters. The molecule has 0 bridgehead atoms. The van der Waals surface area contributed by atoms with Crippen molar-refractivity contribution >= 4 is 65.2 Å². The van der Waals surface area contributed by atoms with Crippen LogP contribution in [0.3, 0.4) is 0 Å². The van der Waals surface area contributed by atoms with Crippen molar-refractivity contribution in [2.75, 3.05) is 19.7 Å². The first-order chi connectivity index (χ1) is 34.3. The van der Waals surface area contributed by atoms with Crippen molar-refractivity contribution in [3.63, 3.8) is 0 Å². The highest BCUT2D eigenvalue weighted by molar-refractivity contribution is 6.00. The minimum atomic E-state index is -1.88. The molecule has 1 aromatic carbocycles. The lowest BCUT2D eigenvalue weighted by Gasteiger charge is -2.32. The summed E-state index contributed by atoms with van der Waals surface area (Å²) < 4.78 is 0. The average molecular weight is 1030 g/mol. The number of primary amides is 1. The number of carboxylic acid groups (broad SMARTS) is 1. The third kappa shape index (κ3) is 19.2. The first-order valence-electron chi connectivity index (χ1n) is 24.6. The smallest absolute Gasteiger partial charge is 0.312 e. The molecule has 11 amide bonds. The van der Waals surface area contributed by atoms with Crippen molar-refractivity contribution in [3.05, 3.63) is 35.9 Å². The molecule has 10 atom stereocenters. The van der Waals surface area contributed by atoms with E-state index in [0.717, 1.165) is 0 Å². The van der Waals surface area contributed by atoms with E-state index in [4.69, 9.17) is 5.73 Å². The van der Waals surface area contributed by atoms with Gasteiger partial charge in [0.2, 0.25) is 53.2 Å². The first kappa shape index (κ1) is 60.4. The molecule has 0 radical (unpaired) electrons. The number of urea groups is 1. The zero-order valence-corrected chi connectivity index (χ0v) is 42.5. The summed E-state index contributed by atoms with van der Waals surface area (Å²) in [6.45, 7) is 10.4. The number of amides is 11. The van der Waals surface area contributed by atoms with Crippen LogP contribution in [0.25, 0.3) is 0 Å². The van der Waals surface area contributed by atoms with E-state index in [2.05, 4.69) is 47.9 Å². The van der Waals surface area contributed by atoms with E-state index in [1.165, 1.54) is 25.7 Å². The van der Waals surface area contributed by atoms with Gasteiger partial charge in [0, 0.05) is 19.5 Å². The number of nitrogens with zero attached hydrogens (tertiary/aromatic N) is 1. The topological polar surface area (TPSA) is 386 Å². The number of aliphatic hydroxyl groups is 2. The van der Waals surface area contributed by atoms with Gasteiger partial charge in [-0.15, -0.1) is 0 Å². The zero-order chi connectivity index (χ0) is 54.7. The maximum atomic E-state index is 14.4. The first-order valence-corrected chi connectivity index (χ1v) is 24.6. The number of aliphatic carboxylic acids is 1. The number of nitrogens with two attached hydrogens (primary N) is 1. The maximum Gasteiger partial charge on any atom is 0.312 e. The molecule has 25 nitrogen and oxygen atoms in total. The van der Waals surface area contributed by atoms with Crippen LogP contribution in [0.2, 0.25) is 0 Å². The Kier molecular flexibility index (Phi) is 24.0. The Morgan fingerprint density at radius 2 is 1.14 bits per heavy atom. The highest BCUT2D eigenvalue weighted by atomic mass is 16.4. The van der Waals surface area contributed by atoms with Crippen LogP contribution < -0.4 is 53.6 Å². The predicted octanol–water partition coefficient (Wildman–Crippen LogP) is -2.84. The SMILES string of the molecule is CC(C)C[C@@H]1NC(=O)[C@H](CO)NC(=O)[C@H](Cc2ccccc2)NC(=O)[C@H](CC(=O)O)NC(=O)[C@H](C(C)C)NC(=O)[C@H](CCCNC(N)=O)NC(=O)[C@H]([C@@H](C)O)NC(=O)[C@@H]2CCCN2C(=O)[C@H](CC(C)C)NC1=O. The Balaban J connectivity index is 2.19. The summed E-state index contributed by atoms with van der Waals surface area (Å²) in [5, 5.41) is 53.5. The molecular weight excluding hydrogens is 955 g/mol. The Morgan fingerprint density at radius 1 is 0.644 bits per heavy atom. The Hall–Kier alpha value is -6.89. The van der Waals surface area contributed by atoms with Crippen molar-refractivity contribution in [1.82, 2.24) is 52.8 Å². The van der Waals surface area contributed by atoms with Crippen molar-refractivity contribution in [1.29, 1.82) is 0 Å². The molecule has 0 aliphatic carbocycles. The molecule has 0 spiro atoms. The number of carboxylic acids is 1. The van der Waals surface area contributed by atoms with Crippen LogP contribution in [0.4, 0.5) is 4.79 Å². The second-order valence-electron chi connectivity index (χ2n) is 19.7. The van der Waals surface area contributed by atoms with Crippen LogP contribution in [0.5, 0.6) is 0 Å². The third-order valence-corrected chi connectivity index (χ3v) is 12.2. The van der Waals surface area contributed by atoms with Crippen LogP contribution in [0, 0.1) is 17.8 Å². The number of hydrogen-bond donors (Lipinski definition) is 13. The standard InChI is InChI=1S/C48H75N11O14/c1-24(2)19-30-40(65)55-33(20-25(3)4)47(72)59-18-12-16-35(59)44(69)58-38(27(7)61)46(71)51-29(15-11-17-50-48(49)73)39(64)57-37(26(5)6)45(70)54-32(22-36(62)63)42(67)53-31(21-28-13-9-8-10-14-28)41(66)56-34(23-60)43(68)52-30/h8-10,13-14,24-27,29-35,37-38,60-61H,11-12,15-23H2,1-7H3,(H,51,71)(H,52,68)(H,53,67)(H,54,70)(H,55,65)(H,56,66)(H,57,64)(H,58,69)(H,62,63)(H3,49,50,73)/t27-,29+,30+,31+,32+,33+,34+,35+,37+,38+/m1/s1. The van der Waals surface area contributed by atoms with Crippen molar-refractivity contribution < 1.29 is 68.1 Å². The van der Waals surface area contributed by atoms with Gasteiger partial charge < -0.3 is 73.8 Å². The Morgan fingerprint density at radius 3 is 1.71 bits per heavy atom. The van der Waals surface area contributed by atoms with Crippen LogP contribution in [-0.4, -0.2) is 166 Å². The van der Waals surface area contributed by atoms with Crippen LogP contribution >= 0.6 is 0 Å². The molecule has 0 aromatic heterocycles. The lowest BCUT2D eigenvalue weighted by molar-refractivity contribution is -0.143. The molecule has 25 heteroatoms. The highest BCUT2D eigenvalue weighted by Crippen LogP contribution is 2.22. The molecular formula is C48H75N11O14. The molecule has 14 N–H and O–H groups in total. The molecule has 2 heterocycles. The minimum absolute atomic E-state index is 0.0249. The van der Waals surface area contributed by atoms with Gasteiger partial charge in [0.25, 0.3) is 0 Å². The molecule has 73 heavy (non-hydrogen) atoms. The predicted molar refractivity (Wildman–Crippen MR) is 262 cm³/mol. The van der Waals surface area contributed by atoms with Crippen LogP contribution in [0.15, 0.2) is 30.3 Å². The summed E-state index contributed by atoms with van der Waals surface area (Å²) in [7, 11) is 0. The molecule has 2 saturated heterocycles. The van der Waals surface area contributed by atoms with E-state index in [0.29, 0.717) is 12.0 Å². The number of benzene rings is 1. The van der Waals surface area contributed by atoms with E-state index in [1.807, 2.05) is 0 Å². The van der Waals surface area contributed by atoms with E-state index < -0.39 is 145 Å². The van der Waals surface area contributed by atoms with Crippen molar-refractivity contribution in [3.8, 4) is 0 Å². The third-order valence-electron chi connectivity index (χ3n) is 12.2. The van der Waals surface area contributed by atoms with E-state index in [-0.39, 0.29) is 63.5 Å². The number of aliphatic hydroxyl groups excluding tert-OH is 2. The van der Waals surface area contributed by atoms with Crippen molar-refractivity contribution in [2.45, 2.75) is 160 Å². The second-order valence-corrected chi connectivity index (χ2v) is 19.7. The Labute approximate surface area is 424 Å². The van der Waals surface area contributed by atoms with Crippen molar-refractivity contribution in [2.24, 2.45) is 23.5 Å². The van der Waals surface area contributed by atoms with Crippen LogP contribution in [0.1, 0.15) is 99.0 Å². The largest absolute Gasteiger partial charge is 0.481 e. The van der Waals surface area contributed by atoms with Crippen LogP contribution in [-0.2, 0) is 54.4 Å². The zero-order valence-electron chi connectivity index (χ0n) is 42.5. The molecule has 1 aromatic rings. The number of fused-ring (bicyclic) bond motifs is 1. The second kappa shape index (κ2) is 29.0. The monoisotopic (exact) mass is 1030 g/mol. The molecule has 3 rings (SSSR count). The number of carbonyl (C=O) groups is 11. The van der Waals surface area contributed by atoms with Gasteiger partial charge in [-0.05, 0) is 68.8 Å². The summed E-state index contributed by atoms with van der Waals surface area (Å²) in [6.07, 6.45) is -2.43. The molecule has 2 aliphatic rings. The van der Waals surface area contributed by atoms with Gasteiger partial charge in [0.05, 0.1) is 19.1 Å². The number of hydrogen-bond acceptors (Lipinski definition) is 13. The van der Waals surface area contributed by atoms with E-state index in [1.54, 1.807) is 58.0 Å². The average Bonchev–Trinajstić information content (AvgIpc) is 3.81. The van der Waals surface area contributed by atoms with E-state index >= 15 is 0 Å². The number of carbonyl (C=O) groups excluding carboxylic acids is 10. The van der Waals surface area contributed by atoms with Gasteiger partial charge in [0.15, 0.2) is 0 Å². The lowest BCUT2D eigenvalue weighted by Crippen LogP contribution is -2.62. The van der Waals surface area contributed by atoms with Gasteiger partial charge >= 0.3 is 12.0 Å². The molecule has 2 aliphatic heterocycles. The Bertz CT molecular complexity index is 2120. The number of nitrogens with one attached hydrogen (secondary N) is 9. The summed E-state index contributed by atoms with van der Waals surface area (Å²) >= 11 is 0. The normalized spacial score (nSPS) is 26.3. The quantitative estimate of drug-likeness (QED) is 0.0788. The summed E-state index contributed by atoms with van der Waals surface area (Å²) in [5.41, 5.74) is 5.70.